The van der Waals surface area contributed by atoms with Crippen LogP contribution in [0.4, 0.5) is 5.69 Å². The molecule has 0 bridgehead atoms. The quantitative estimate of drug-likeness (QED) is 0.724. The van der Waals surface area contributed by atoms with Crippen LogP contribution >= 0.6 is 0 Å². The van der Waals surface area contributed by atoms with Crippen LogP contribution in [0.1, 0.15) is 32.3 Å². The van der Waals surface area contributed by atoms with Gasteiger partial charge in [0.05, 0.1) is 5.92 Å². The summed E-state index contributed by atoms with van der Waals surface area (Å²) in [4.78, 5) is 20.8. The number of likely N-dealkylation sites (N-methyl/N-ethyl adjacent to an activating group) is 1. The maximum atomic E-state index is 11.8. The minimum Gasteiger partial charge on any atom is -0.481 e. The summed E-state index contributed by atoms with van der Waals surface area (Å²) >= 11 is 0. The number of carboxylic acid groups (broad SMARTS) is 1. The lowest BCUT2D eigenvalue weighted by Crippen LogP contribution is -2.44. The predicted octanol–water partition coefficient (Wildman–Crippen LogP) is 3.19. The van der Waals surface area contributed by atoms with E-state index in [1.54, 1.807) is 7.05 Å². The molecule has 1 aromatic carbocycles. The highest BCUT2D eigenvalue weighted by atomic mass is 16.4. The number of carbonyl (C=O) groups is 1. The predicted molar refractivity (Wildman–Crippen MR) is 108 cm³/mol. The number of anilines is 1. The van der Waals surface area contributed by atoms with Crippen molar-refractivity contribution in [3.05, 3.63) is 29.8 Å². The van der Waals surface area contributed by atoms with E-state index in [4.69, 9.17) is 0 Å². The number of aliphatic carboxylic acids is 1. The molecule has 0 aliphatic carbocycles. The topological polar surface area (TPSA) is 56.1 Å². The van der Waals surface area contributed by atoms with Crippen molar-refractivity contribution >= 4 is 17.4 Å². The lowest BCUT2D eigenvalue weighted by atomic mass is 9.81. The molecule has 26 heavy (non-hydrogen) atoms. The number of hydrogen-bond donors (Lipinski definition) is 1. The molecular weight excluding hydrogens is 326 g/mol. The van der Waals surface area contributed by atoms with E-state index < -0.39 is 5.97 Å². The van der Waals surface area contributed by atoms with E-state index in [1.165, 1.54) is 11.3 Å². The molecule has 5 heteroatoms. The van der Waals surface area contributed by atoms with Gasteiger partial charge in [-0.1, -0.05) is 25.5 Å². The molecule has 0 amide bonds. The van der Waals surface area contributed by atoms with Crippen LogP contribution < -0.4 is 4.90 Å². The zero-order valence-corrected chi connectivity index (χ0v) is 16.6. The summed E-state index contributed by atoms with van der Waals surface area (Å²) in [6.45, 7) is 8.28. The summed E-state index contributed by atoms with van der Waals surface area (Å²) in [5.41, 5.74) is 3.36. The van der Waals surface area contributed by atoms with Gasteiger partial charge in [-0.2, -0.15) is 0 Å². The van der Waals surface area contributed by atoms with Gasteiger partial charge in [-0.25, -0.2) is 0 Å². The summed E-state index contributed by atoms with van der Waals surface area (Å²) in [5, 5.41) is 9.67. The van der Waals surface area contributed by atoms with Crippen LogP contribution in [0.15, 0.2) is 29.3 Å². The lowest BCUT2D eigenvalue weighted by molar-refractivity contribution is -0.143. The molecule has 2 atom stereocenters. The molecular formula is C21H33N3O2. The average Bonchev–Trinajstić information content (AvgIpc) is 2.65. The van der Waals surface area contributed by atoms with Crippen molar-refractivity contribution in [1.82, 2.24) is 4.90 Å². The molecule has 1 aliphatic heterocycles. The van der Waals surface area contributed by atoms with Gasteiger partial charge in [-0.05, 0) is 44.5 Å². The first kappa shape index (κ1) is 20.4. The monoisotopic (exact) mass is 359 g/mol. The molecule has 0 aromatic heterocycles. The van der Waals surface area contributed by atoms with Crippen molar-refractivity contribution in [1.29, 1.82) is 0 Å². The second-order valence-corrected chi connectivity index (χ2v) is 7.37. The highest BCUT2D eigenvalue weighted by molar-refractivity contribution is 5.89. The van der Waals surface area contributed by atoms with Crippen LogP contribution in [0.25, 0.3) is 0 Å². The first-order chi connectivity index (χ1) is 12.5. The molecule has 1 heterocycles. The maximum Gasteiger partial charge on any atom is 0.307 e. The van der Waals surface area contributed by atoms with Gasteiger partial charge in [0.2, 0.25) is 0 Å². The molecule has 1 N–H and O–H groups in total. The maximum absolute atomic E-state index is 11.8. The third-order valence-electron chi connectivity index (χ3n) is 5.55. The Kier molecular flexibility index (Phi) is 7.64. The van der Waals surface area contributed by atoms with Crippen LogP contribution in [0.2, 0.25) is 0 Å². The Morgan fingerprint density at radius 2 is 1.77 bits per heavy atom. The Bertz CT molecular complexity index is 604. The zero-order valence-electron chi connectivity index (χ0n) is 16.6. The SMILES string of the molecule is CCC[C@H](C(=O)O)[C@H](Cc1ccc(N2CCN(C)CC2)cc1)C(C)=NC. The minimum absolute atomic E-state index is 0.0491. The number of rotatable bonds is 8. The Labute approximate surface area is 157 Å². The molecule has 1 fully saturated rings. The fourth-order valence-electron chi connectivity index (χ4n) is 3.72. The first-order valence-electron chi connectivity index (χ1n) is 9.64. The smallest absolute Gasteiger partial charge is 0.307 e. The van der Waals surface area contributed by atoms with Gasteiger partial charge in [-0.15, -0.1) is 0 Å². The fraction of sp³-hybridized carbons (Fsp3) is 0.619. The number of aliphatic imine (C=N–C) groups is 1. The van der Waals surface area contributed by atoms with Crippen LogP contribution in [0.5, 0.6) is 0 Å². The Balaban J connectivity index is 2.11. The van der Waals surface area contributed by atoms with Crippen LogP contribution in [0, 0.1) is 11.8 Å². The van der Waals surface area contributed by atoms with Crippen LogP contribution in [0.3, 0.4) is 0 Å². The fourth-order valence-corrected chi connectivity index (χ4v) is 3.72. The summed E-state index contributed by atoms with van der Waals surface area (Å²) in [6.07, 6.45) is 2.28. The second kappa shape index (κ2) is 9.72. The van der Waals surface area contributed by atoms with Crippen molar-refractivity contribution in [2.45, 2.75) is 33.1 Å². The summed E-state index contributed by atoms with van der Waals surface area (Å²) in [6, 6.07) is 8.64. The molecule has 2 rings (SSSR count). The highest BCUT2D eigenvalue weighted by Gasteiger charge is 2.29. The van der Waals surface area contributed by atoms with Crippen molar-refractivity contribution in [3.63, 3.8) is 0 Å². The largest absolute Gasteiger partial charge is 0.481 e. The van der Waals surface area contributed by atoms with E-state index >= 15 is 0 Å². The molecule has 0 spiro atoms. The summed E-state index contributed by atoms with van der Waals surface area (Å²) < 4.78 is 0. The van der Waals surface area contributed by atoms with Gasteiger partial charge in [0.15, 0.2) is 0 Å². The number of hydrogen-bond acceptors (Lipinski definition) is 4. The van der Waals surface area contributed by atoms with Gasteiger partial charge >= 0.3 is 5.97 Å². The Hall–Kier alpha value is -1.88. The molecule has 5 nitrogen and oxygen atoms in total. The summed E-state index contributed by atoms with van der Waals surface area (Å²) in [7, 11) is 3.91. The Morgan fingerprint density at radius 1 is 1.15 bits per heavy atom. The van der Waals surface area contributed by atoms with Crippen LogP contribution in [-0.2, 0) is 11.2 Å². The molecule has 0 saturated carbocycles. The van der Waals surface area contributed by atoms with E-state index in [1.807, 2.05) is 13.8 Å². The molecule has 1 aliphatic rings. The van der Waals surface area contributed by atoms with Crippen molar-refractivity contribution in [3.8, 4) is 0 Å². The van der Waals surface area contributed by atoms with E-state index in [-0.39, 0.29) is 11.8 Å². The van der Waals surface area contributed by atoms with Gasteiger partial charge in [0.25, 0.3) is 0 Å². The van der Waals surface area contributed by atoms with E-state index in [0.717, 1.165) is 44.7 Å². The van der Waals surface area contributed by atoms with Gasteiger partial charge in [-0.3, -0.25) is 9.79 Å². The van der Waals surface area contributed by atoms with Gasteiger partial charge in [0.1, 0.15) is 0 Å². The number of benzene rings is 1. The molecule has 144 valence electrons. The number of piperazine rings is 1. The van der Waals surface area contributed by atoms with E-state index in [2.05, 4.69) is 46.1 Å². The zero-order chi connectivity index (χ0) is 19.1. The molecule has 1 saturated heterocycles. The average molecular weight is 360 g/mol. The van der Waals surface area contributed by atoms with Gasteiger partial charge in [0, 0.05) is 50.5 Å². The molecule has 0 radical (unpaired) electrons. The van der Waals surface area contributed by atoms with E-state index in [9.17, 15) is 9.90 Å². The van der Waals surface area contributed by atoms with E-state index in [0.29, 0.717) is 6.42 Å². The summed E-state index contributed by atoms with van der Waals surface area (Å²) in [5.74, 6) is -1.14. The van der Waals surface area contributed by atoms with Crippen molar-refractivity contribution < 1.29 is 9.90 Å². The standard InChI is InChI=1S/C21H33N3O2/c1-5-6-19(21(25)26)20(16(2)22-3)15-17-7-9-18(10-8-17)24-13-11-23(4)12-14-24/h7-10,19-20H,5-6,11-15H2,1-4H3,(H,25,26)/t19-,20+/m0/s1. The molecule has 0 unspecified atom stereocenters. The number of carboxylic acids is 1. The number of nitrogens with zero attached hydrogens (tertiary/aromatic N) is 3. The molecule has 1 aromatic rings. The van der Waals surface area contributed by atoms with Crippen LogP contribution in [-0.4, -0.2) is 62.0 Å². The Morgan fingerprint density at radius 3 is 2.27 bits per heavy atom. The third-order valence-corrected chi connectivity index (χ3v) is 5.55. The normalized spacial score (nSPS) is 18.6. The highest BCUT2D eigenvalue weighted by Crippen LogP contribution is 2.26. The second-order valence-electron chi connectivity index (χ2n) is 7.37. The first-order valence-corrected chi connectivity index (χ1v) is 9.64. The van der Waals surface area contributed by atoms with Crippen molar-refractivity contribution in [2.75, 3.05) is 45.2 Å². The minimum atomic E-state index is -0.714. The van der Waals surface area contributed by atoms with Crippen molar-refractivity contribution in [2.24, 2.45) is 16.8 Å². The van der Waals surface area contributed by atoms with Gasteiger partial charge < -0.3 is 14.9 Å². The third kappa shape index (κ3) is 5.31. The lowest BCUT2D eigenvalue weighted by Gasteiger charge is -2.34.